The zero-order valence-corrected chi connectivity index (χ0v) is 10.8. The molecule has 1 aliphatic rings. The summed E-state index contributed by atoms with van der Waals surface area (Å²) in [6.45, 7) is 0.507. The quantitative estimate of drug-likeness (QED) is 0.881. The Hall–Kier alpha value is -1.99. The van der Waals surface area contributed by atoms with E-state index in [0.29, 0.717) is 30.2 Å². The summed E-state index contributed by atoms with van der Waals surface area (Å²) in [5, 5.41) is 16.4. The predicted octanol–water partition coefficient (Wildman–Crippen LogP) is 1.28. The number of aliphatic hydroxyl groups is 1. The van der Waals surface area contributed by atoms with Crippen LogP contribution in [0, 0.1) is 5.82 Å². The number of methoxy groups -OCH3 is 1. The molecule has 2 aromatic rings. The summed E-state index contributed by atoms with van der Waals surface area (Å²) >= 11 is 0. The zero-order valence-electron chi connectivity index (χ0n) is 10.8. The van der Waals surface area contributed by atoms with Crippen molar-refractivity contribution in [2.75, 3.05) is 13.7 Å². The van der Waals surface area contributed by atoms with Gasteiger partial charge in [-0.15, -0.1) is 0 Å². The molecule has 2 N–H and O–H groups in total. The van der Waals surface area contributed by atoms with Crippen molar-refractivity contribution in [2.24, 2.45) is 0 Å². The molecular formula is C13H14FN3O3. The van der Waals surface area contributed by atoms with Gasteiger partial charge in [0.05, 0.1) is 19.3 Å². The lowest BCUT2D eigenvalue weighted by atomic mass is 10.2. The standard InChI is InChI=1S/C13H14FN3O3/c1-19-11-4-7(2-3-9(11)14)12-16-13(20-17-12)10-5-8(18)6-15-10/h2-4,8,10,15,18H,5-6H2,1H3/t8-,10+/m0/s1. The summed E-state index contributed by atoms with van der Waals surface area (Å²) in [4.78, 5) is 4.27. The number of ether oxygens (including phenoxy) is 1. The van der Waals surface area contributed by atoms with Gasteiger partial charge in [0.15, 0.2) is 11.6 Å². The number of benzene rings is 1. The summed E-state index contributed by atoms with van der Waals surface area (Å²) in [6, 6.07) is 4.22. The first kappa shape index (κ1) is 13.0. The number of aliphatic hydroxyl groups excluding tert-OH is 1. The molecule has 106 valence electrons. The Morgan fingerprint density at radius 1 is 1.50 bits per heavy atom. The third-order valence-corrected chi connectivity index (χ3v) is 3.26. The van der Waals surface area contributed by atoms with E-state index in [1.54, 1.807) is 6.07 Å². The minimum atomic E-state index is -0.444. The molecule has 1 aromatic heterocycles. The monoisotopic (exact) mass is 279 g/mol. The molecule has 0 saturated carbocycles. The molecule has 6 nitrogen and oxygen atoms in total. The molecule has 2 heterocycles. The lowest BCUT2D eigenvalue weighted by Gasteiger charge is -2.03. The Morgan fingerprint density at radius 3 is 3.05 bits per heavy atom. The van der Waals surface area contributed by atoms with Crippen LogP contribution in [-0.4, -0.2) is 35.0 Å². The SMILES string of the molecule is COc1cc(-c2noc([C@H]3C[C@H](O)CN3)n2)ccc1F. The van der Waals surface area contributed by atoms with Crippen LogP contribution in [0.25, 0.3) is 11.4 Å². The minimum absolute atomic E-state index is 0.128. The largest absolute Gasteiger partial charge is 0.494 e. The van der Waals surface area contributed by atoms with Gasteiger partial charge in [0.25, 0.3) is 0 Å². The average molecular weight is 279 g/mol. The number of rotatable bonds is 3. The van der Waals surface area contributed by atoms with E-state index in [0.717, 1.165) is 0 Å². The third kappa shape index (κ3) is 2.37. The second kappa shape index (κ2) is 5.18. The van der Waals surface area contributed by atoms with E-state index in [1.165, 1.54) is 19.2 Å². The molecule has 0 aliphatic carbocycles. The first-order valence-electron chi connectivity index (χ1n) is 6.26. The Bertz CT molecular complexity index is 617. The van der Waals surface area contributed by atoms with Crippen LogP contribution in [0.5, 0.6) is 5.75 Å². The maximum absolute atomic E-state index is 13.4. The van der Waals surface area contributed by atoms with Crippen molar-refractivity contribution >= 4 is 0 Å². The molecule has 0 radical (unpaired) electrons. The van der Waals surface area contributed by atoms with Gasteiger partial charge >= 0.3 is 0 Å². The van der Waals surface area contributed by atoms with E-state index in [9.17, 15) is 9.50 Å². The van der Waals surface area contributed by atoms with E-state index in [-0.39, 0.29) is 11.8 Å². The van der Waals surface area contributed by atoms with Gasteiger partial charge in [-0.25, -0.2) is 4.39 Å². The smallest absolute Gasteiger partial charge is 0.244 e. The number of β-amino-alcohol motifs (C(OH)–C–C–N with tert-alkyl or cyclic N) is 1. The fourth-order valence-electron chi connectivity index (χ4n) is 2.20. The van der Waals surface area contributed by atoms with Crippen LogP contribution in [0.15, 0.2) is 22.7 Å². The van der Waals surface area contributed by atoms with Crippen LogP contribution in [-0.2, 0) is 0 Å². The predicted molar refractivity (Wildman–Crippen MR) is 67.6 cm³/mol. The number of hydrogen-bond acceptors (Lipinski definition) is 6. The average Bonchev–Trinajstić information content (AvgIpc) is 3.08. The Labute approximate surface area is 114 Å². The molecule has 7 heteroatoms. The summed E-state index contributed by atoms with van der Waals surface area (Å²) < 4.78 is 23.5. The maximum Gasteiger partial charge on any atom is 0.244 e. The Kier molecular flexibility index (Phi) is 3.37. The normalized spacial score (nSPS) is 22.1. The second-order valence-corrected chi connectivity index (χ2v) is 4.66. The lowest BCUT2D eigenvalue weighted by molar-refractivity contribution is 0.191. The number of halogens is 1. The molecule has 3 rings (SSSR count). The minimum Gasteiger partial charge on any atom is -0.494 e. The van der Waals surface area contributed by atoms with Gasteiger partial charge in [-0.3, -0.25) is 0 Å². The molecule has 1 fully saturated rings. The molecule has 1 aliphatic heterocycles. The molecule has 2 atom stereocenters. The lowest BCUT2D eigenvalue weighted by Crippen LogP contribution is -2.15. The van der Waals surface area contributed by atoms with Gasteiger partial charge in [0.1, 0.15) is 0 Å². The van der Waals surface area contributed by atoms with Crippen molar-refractivity contribution in [3.63, 3.8) is 0 Å². The van der Waals surface area contributed by atoms with Crippen LogP contribution < -0.4 is 10.1 Å². The first-order chi connectivity index (χ1) is 9.67. The number of hydrogen-bond donors (Lipinski definition) is 2. The highest BCUT2D eigenvalue weighted by atomic mass is 19.1. The fourth-order valence-corrected chi connectivity index (χ4v) is 2.20. The number of nitrogens with one attached hydrogen (secondary N) is 1. The molecule has 1 saturated heterocycles. The van der Waals surface area contributed by atoms with E-state index in [4.69, 9.17) is 9.26 Å². The third-order valence-electron chi connectivity index (χ3n) is 3.26. The molecule has 0 unspecified atom stereocenters. The van der Waals surface area contributed by atoms with Crippen LogP contribution in [0.4, 0.5) is 4.39 Å². The zero-order chi connectivity index (χ0) is 14.1. The molecule has 20 heavy (non-hydrogen) atoms. The highest BCUT2D eigenvalue weighted by molar-refractivity contribution is 5.57. The van der Waals surface area contributed by atoms with E-state index in [2.05, 4.69) is 15.5 Å². The van der Waals surface area contributed by atoms with Crippen LogP contribution in [0.2, 0.25) is 0 Å². The summed E-state index contributed by atoms with van der Waals surface area (Å²) in [6.07, 6.45) is 0.134. The van der Waals surface area contributed by atoms with Crippen LogP contribution >= 0.6 is 0 Å². The second-order valence-electron chi connectivity index (χ2n) is 4.66. The van der Waals surface area contributed by atoms with Crippen molar-refractivity contribution in [3.05, 3.63) is 29.9 Å². The van der Waals surface area contributed by atoms with Gasteiger partial charge in [-0.05, 0) is 24.6 Å². The maximum atomic E-state index is 13.4. The Balaban J connectivity index is 1.86. The van der Waals surface area contributed by atoms with Crippen LogP contribution in [0.1, 0.15) is 18.4 Å². The summed E-state index contributed by atoms with van der Waals surface area (Å²) in [7, 11) is 1.40. The highest BCUT2D eigenvalue weighted by Crippen LogP contribution is 2.27. The highest BCUT2D eigenvalue weighted by Gasteiger charge is 2.28. The van der Waals surface area contributed by atoms with E-state index in [1.807, 2.05) is 0 Å². The molecule has 0 spiro atoms. The number of nitrogens with zero attached hydrogens (tertiary/aromatic N) is 2. The topological polar surface area (TPSA) is 80.4 Å². The van der Waals surface area contributed by atoms with E-state index >= 15 is 0 Å². The van der Waals surface area contributed by atoms with Crippen molar-refractivity contribution in [2.45, 2.75) is 18.6 Å². The van der Waals surface area contributed by atoms with Crippen molar-refractivity contribution < 1.29 is 18.8 Å². The van der Waals surface area contributed by atoms with E-state index < -0.39 is 11.9 Å². The van der Waals surface area contributed by atoms with Gasteiger partial charge in [0.2, 0.25) is 11.7 Å². The first-order valence-corrected chi connectivity index (χ1v) is 6.26. The Morgan fingerprint density at radius 2 is 2.35 bits per heavy atom. The molecular weight excluding hydrogens is 265 g/mol. The van der Waals surface area contributed by atoms with Crippen molar-refractivity contribution in [3.8, 4) is 17.1 Å². The van der Waals surface area contributed by atoms with Gasteiger partial charge in [0, 0.05) is 12.1 Å². The fraction of sp³-hybridized carbons (Fsp3) is 0.385. The van der Waals surface area contributed by atoms with Gasteiger partial charge in [-0.1, -0.05) is 5.16 Å². The van der Waals surface area contributed by atoms with Crippen LogP contribution in [0.3, 0.4) is 0 Å². The molecule has 1 aromatic carbocycles. The van der Waals surface area contributed by atoms with Crippen molar-refractivity contribution in [1.82, 2.24) is 15.5 Å². The number of aromatic nitrogens is 2. The molecule has 0 bridgehead atoms. The summed E-state index contributed by atoms with van der Waals surface area (Å²) in [5.74, 6) is 0.463. The molecule has 0 amide bonds. The van der Waals surface area contributed by atoms with Crippen molar-refractivity contribution in [1.29, 1.82) is 0 Å². The van der Waals surface area contributed by atoms with Gasteiger partial charge in [-0.2, -0.15) is 4.98 Å². The summed E-state index contributed by atoms with van der Waals surface area (Å²) in [5.41, 5.74) is 0.608. The van der Waals surface area contributed by atoms with Gasteiger partial charge < -0.3 is 19.7 Å².